The van der Waals surface area contributed by atoms with Crippen molar-refractivity contribution in [1.82, 2.24) is 25.4 Å². The Morgan fingerprint density at radius 2 is 1.89 bits per heavy atom. The zero-order valence-electron chi connectivity index (χ0n) is 18.7. The summed E-state index contributed by atoms with van der Waals surface area (Å²) in [6.45, 7) is 1.22. The largest absolute Gasteiger partial charge is 0.483 e. The minimum Gasteiger partial charge on any atom is -0.483 e. The van der Waals surface area contributed by atoms with Crippen molar-refractivity contribution in [1.29, 1.82) is 0 Å². The minimum absolute atomic E-state index is 0.0730. The summed E-state index contributed by atoms with van der Waals surface area (Å²) >= 11 is 0. The molecule has 0 radical (unpaired) electrons. The lowest BCUT2D eigenvalue weighted by Gasteiger charge is -2.44. The number of aromatic nitrogens is 5. The van der Waals surface area contributed by atoms with Gasteiger partial charge in [-0.2, -0.15) is 0 Å². The molecule has 1 aromatic carbocycles. The summed E-state index contributed by atoms with van der Waals surface area (Å²) in [5, 5.41) is 16.8. The number of Topliss-reactive ketones (excluding diaryl/α,β-unsaturated/α-hetero) is 1. The minimum atomic E-state index is -0.690. The summed E-state index contributed by atoms with van der Waals surface area (Å²) < 4.78 is 26.1. The predicted octanol–water partition coefficient (Wildman–Crippen LogP) is 3.66. The van der Waals surface area contributed by atoms with E-state index in [1.54, 1.807) is 24.5 Å². The second kappa shape index (κ2) is 8.53. The van der Waals surface area contributed by atoms with Crippen LogP contribution in [0.5, 0.6) is 5.75 Å². The van der Waals surface area contributed by atoms with Gasteiger partial charge in [-0.3, -0.25) is 9.78 Å². The molecule has 3 aromatic heterocycles. The average molecular weight is 472 g/mol. The van der Waals surface area contributed by atoms with Crippen LogP contribution in [0.4, 0.5) is 10.2 Å². The summed E-state index contributed by atoms with van der Waals surface area (Å²) in [5.41, 5.74) is 1.09. The molecule has 0 N–H and O–H groups in total. The van der Waals surface area contributed by atoms with Gasteiger partial charge >= 0.3 is 0 Å². The number of hydrogen-bond acceptors (Lipinski definition) is 9. The molecule has 0 aliphatic carbocycles. The van der Waals surface area contributed by atoms with E-state index >= 15 is 0 Å². The van der Waals surface area contributed by atoms with Gasteiger partial charge in [0.05, 0.1) is 18.4 Å². The Hall–Kier alpha value is -4.21. The molecule has 10 heteroatoms. The summed E-state index contributed by atoms with van der Waals surface area (Å²) in [4.78, 5) is 18.8. The van der Waals surface area contributed by atoms with Gasteiger partial charge in [-0.05, 0) is 35.9 Å². The topological polar surface area (TPSA) is 107 Å². The van der Waals surface area contributed by atoms with Crippen LogP contribution >= 0.6 is 0 Å². The summed E-state index contributed by atoms with van der Waals surface area (Å²) in [6.07, 6.45) is 5.36. The van der Waals surface area contributed by atoms with Crippen LogP contribution in [0.1, 0.15) is 41.1 Å². The first-order valence-electron chi connectivity index (χ1n) is 11.4. The lowest BCUT2D eigenvalue weighted by molar-refractivity contribution is 0.0198. The van der Waals surface area contributed by atoms with Crippen molar-refractivity contribution in [3.8, 4) is 17.3 Å². The number of hydrogen-bond donors (Lipinski definition) is 0. The van der Waals surface area contributed by atoms with Gasteiger partial charge in [-0.15, -0.1) is 20.4 Å². The highest BCUT2D eigenvalue weighted by Crippen LogP contribution is 2.41. The number of fused-ring (bicyclic) bond motifs is 1. The maximum atomic E-state index is 14.3. The van der Waals surface area contributed by atoms with Crippen molar-refractivity contribution < 1.29 is 18.3 Å². The average Bonchev–Trinajstić information content (AvgIpc) is 3.35. The Morgan fingerprint density at radius 1 is 1.00 bits per heavy atom. The number of ketones is 1. The molecule has 0 bridgehead atoms. The Labute approximate surface area is 200 Å². The van der Waals surface area contributed by atoms with E-state index in [4.69, 9.17) is 9.15 Å². The van der Waals surface area contributed by atoms with Crippen LogP contribution < -0.4 is 9.64 Å². The first kappa shape index (κ1) is 21.3. The van der Waals surface area contributed by atoms with E-state index in [2.05, 4.69) is 30.3 Å². The van der Waals surface area contributed by atoms with Crippen LogP contribution in [0.3, 0.4) is 0 Å². The number of nitrogens with zero attached hydrogens (tertiary/aromatic N) is 6. The molecule has 0 amide bonds. The Kier molecular flexibility index (Phi) is 5.20. The van der Waals surface area contributed by atoms with Crippen LogP contribution in [-0.2, 0) is 6.42 Å². The molecule has 1 saturated heterocycles. The summed E-state index contributed by atoms with van der Waals surface area (Å²) in [6, 6.07) is 11.9. The Morgan fingerprint density at radius 3 is 2.66 bits per heavy atom. The molecular weight excluding hydrogens is 451 g/mol. The monoisotopic (exact) mass is 472 g/mol. The smallest absolute Gasteiger partial charge is 0.268 e. The molecule has 35 heavy (non-hydrogen) atoms. The van der Waals surface area contributed by atoms with E-state index in [0.29, 0.717) is 61.2 Å². The van der Waals surface area contributed by atoms with Crippen molar-refractivity contribution in [3.63, 3.8) is 0 Å². The first-order valence-corrected chi connectivity index (χ1v) is 11.4. The molecule has 1 fully saturated rings. The van der Waals surface area contributed by atoms with Crippen LogP contribution in [0.2, 0.25) is 0 Å². The third kappa shape index (κ3) is 4.11. The van der Waals surface area contributed by atoms with Crippen LogP contribution in [0.25, 0.3) is 11.6 Å². The van der Waals surface area contributed by atoms with Crippen LogP contribution in [-0.4, -0.2) is 49.9 Å². The number of benzene rings is 1. The molecule has 2 aliphatic heterocycles. The second-order valence-corrected chi connectivity index (χ2v) is 8.80. The SMILES string of the molecule is O=C1CC2(CCN(c3ccc(-c4nnc(Cc5cccnc5)o4)nn3)CC2)Oc2c(F)cccc21. The van der Waals surface area contributed by atoms with Crippen LogP contribution in [0.15, 0.2) is 59.3 Å². The van der Waals surface area contributed by atoms with E-state index in [1.165, 1.54) is 12.1 Å². The number of carbonyl (C=O) groups excluding carboxylic acids is 1. The molecule has 0 atom stereocenters. The van der Waals surface area contributed by atoms with Crippen molar-refractivity contribution >= 4 is 11.6 Å². The molecule has 9 nitrogen and oxygen atoms in total. The quantitative estimate of drug-likeness (QED) is 0.440. The molecule has 2 aliphatic rings. The second-order valence-electron chi connectivity index (χ2n) is 8.80. The fraction of sp³-hybridized carbons (Fsp3) is 0.280. The van der Waals surface area contributed by atoms with Crippen molar-refractivity contribution in [3.05, 3.63) is 77.7 Å². The maximum Gasteiger partial charge on any atom is 0.268 e. The van der Waals surface area contributed by atoms with E-state index in [9.17, 15) is 9.18 Å². The highest BCUT2D eigenvalue weighted by molar-refractivity contribution is 6.00. The Bertz CT molecular complexity index is 1370. The van der Waals surface area contributed by atoms with Crippen LogP contribution in [0, 0.1) is 5.82 Å². The van der Waals surface area contributed by atoms with E-state index < -0.39 is 11.4 Å². The zero-order valence-corrected chi connectivity index (χ0v) is 18.7. The molecule has 5 heterocycles. The molecule has 6 rings (SSSR count). The van der Waals surface area contributed by atoms with Crippen molar-refractivity contribution in [2.45, 2.75) is 31.3 Å². The summed E-state index contributed by atoms with van der Waals surface area (Å²) in [7, 11) is 0. The maximum absolute atomic E-state index is 14.3. The lowest BCUT2D eigenvalue weighted by Crippen LogP contribution is -2.51. The van der Waals surface area contributed by atoms with Crippen molar-refractivity contribution in [2.75, 3.05) is 18.0 Å². The number of anilines is 1. The zero-order chi connectivity index (χ0) is 23.8. The molecule has 0 saturated carbocycles. The van der Waals surface area contributed by atoms with Gasteiger partial charge in [0.1, 0.15) is 11.3 Å². The molecule has 176 valence electrons. The standard InChI is InChI=1S/C25H21FN6O3/c26-18-5-1-4-17-20(33)14-25(35-23(17)18)8-11-32(12-9-25)21-7-6-19(28-29-21)24-31-30-22(34-24)13-16-3-2-10-27-15-16/h1-7,10,15H,8-9,11-14H2. The number of ether oxygens (including phenoxy) is 1. The highest BCUT2D eigenvalue weighted by Gasteiger charge is 2.44. The van der Waals surface area contributed by atoms with Crippen molar-refractivity contribution in [2.24, 2.45) is 0 Å². The van der Waals surface area contributed by atoms with Gasteiger partial charge in [-0.1, -0.05) is 12.1 Å². The van der Waals surface area contributed by atoms with Gasteiger partial charge < -0.3 is 14.1 Å². The van der Waals surface area contributed by atoms with Gasteiger partial charge in [-0.25, -0.2) is 4.39 Å². The van der Waals surface area contributed by atoms with E-state index in [-0.39, 0.29) is 18.0 Å². The lowest BCUT2D eigenvalue weighted by atomic mass is 9.82. The number of halogens is 1. The normalized spacial score (nSPS) is 16.7. The van der Waals surface area contributed by atoms with Gasteiger partial charge in [0.25, 0.3) is 5.89 Å². The molecule has 4 aromatic rings. The summed E-state index contributed by atoms with van der Waals surface area (Å²) in [5.74, 6) is 0.973. The molecule has 1 spiro atoms. The Balaban J connectivity index is 1.12. The fourth-order valence-corrected chi connectivity index (χ4v) is 4.61. The number of pyridine rings is 1. The van der Waals surface area contributed by atoms with Gasteiger partial charge in [0, 0.05) is 38.3 Å². The third-order valence-electron chi connectivity index (χ3n) is 6.48. The number of para-hydroxylation sites is 1. The van der Waals surface area contributed by atoms with Gasteiger partial charge in [0.15, 0.2) is 23.2 Å². The first-order chi connectivity index (χ1) is 17.1. The van der Waals surface area contributed by atoms with E-state index in [0.717, 1.165) is 5.56 Å². The highest BCUT2D eigenvalue weighted by atomic mass is 19.1. The molecular formula is C25H21FN6O3. The fourth-order valence-electron chi connectivity index (χ4n) is 4.61. The molecule has 0 unspecified atom stereocenters. The van der Waals surface area contributed by atoms with Gasteiger partial charge in [0.2, 0.25) is 5.89 Å². The number of carbonyl (C=O) groups is 1. The van der Waals surface area contributed by atoms with E-state index in [1.807, 2.05) is 18.2 Å². The number of rotatable bonds is 4. The predicted molar refractivity (Wildman–Crippen MR) is 123 cm³/mol. The number of piperidine rings is 1. The third-order valence-corrected chi connectivity index (χ3v) is 6.48.